The van der Waals surface area contributed by atoms with Crippen LogP contribution in [0.4, 0.5) is 0 Å². The highest BCUT2D eigenvalue weighted by molar-refractivity contribution is 7.15. The second-order valence-electron chi connectivity index (χ2n) is 8.30. The average molecular weight is 406 g/mol. The average Bonchev–Trinajstić information content (AvgIpc) is 3.23. The summed E-state index contributed by atoms with van der Waals surface area (Å²) in [5, 5.41) is 0. The van der Waals surface area contributed by atoms with Crippen LogP contribution in [0.15, 0.2) is 47.3 Å². The largest absolute Gasteiger partial charge is 0.310 e. The topological polar surface area (TPSA) is 49.0 Å². The van der Waals surface area contributed by atoms with Gasteiger partial charge in [0.05, 0.1) is 5.69 Å². The van der Waals surface area contributed by atoms with E-state index in [1.807, 2.05) is 11.3 Å². The summed E-state index contributed by atoms with van der Waals surface area (Å²) in [6.07, 6.45) is 6.91. The maximum atomic E-state index is 12.6. The monoisotopic (exact) mass is 405 g/mol. The highest BCUT2D eigenvalue weighted by Crippen LogP contribution is 2.32. The van der Waals surface area contributed by atoms with Crippen molar-refractivity contribution < 1.29 is 0 Å². The van der Waals surface area contributed by atoms with Crippen molar-refractivity contribution >= 4 is 11.3 Å². The van der Waals surface area contributed by atoms with Gasteiger partial charge in [-0.15, -0.1) is 11.3 Å². The number of rotatable bonds is 4. The molecule has 0 bridgehead atoms. The summed E-state index contributed by atoms with van der Waals surface area (Å²) in [5.41, 5.74) is 3.27. The van der Waals surface area contributed by atoms with Crippen LogP contribution in [0.3, 0.4) is 0 Å². The van der Waals surface area contributed by atoms with Crippen molar-refractivity contribution in [3.63, 3.8) is 0 Å². The van der Waals surface area contributed by atoms with E-state index >= 15 is 0 Å². The van der Waals surface area contributed by atoms with Gasteiger partial charge in [0.25, 0.3) is 5.56 Å². The Hall–Kier alpha value is -2.24. The Balaban J connectivity index is 1.32. The molecule has 2 aliphatic rings. The molecule has 29 heavy (non-hydrogen) atoms. The third kappa shape index (κ3) is 4.07. The lowest BCUT2D eigenvalue weighted by molar-refractivity contribution is 0.241. The number of hydrogen-bond acceptors (Lipinski definition) is 4. The van der Waals surface area contributed by atoms with Crippen LogP contribution >= 0.6 is 11.3 Å². The zero-order valence-corrected chi connectivity index (χ0v) is 17.5. The van der Waals surface area contributed by atoms with Gasteiger partial charge in [0, 0.05) is 40.9 Å². The Morgan fingerprint density at radius 1 is 1.07 bits per heavy atom. The van der Waals surface area contributed by atoms with Crippen LogP contribution in [0, 0.1) is 0 Å². The van der Waals surface area contributed by atoms with Gasteiger partial charge >= 0.3 is 0 Å². The van der Waals surface area contributed by atoms with Gasteiger partial charge in [-0.25, -0.2) is 4.98 Å². The molecule has 1 saturated carbocycles. The lowest BCUT2D eigenvalue weighted by Gasteiger charge is -2.28. The first-order chi connectivity index (χ1) is 14.3. The maximum absolute atomic E-state index is 12.6. The number of nitrogens with zero attached hydrogens (tertiary/aromatic N) is 2. The first kappa shape index (κ1) is 18.8. The van der Waals surface area contributed by atoms with E-state index in [0.29, 0.717) is 5.92 Å². The summed E-state index contributed by atoms with van der Waals surface area (Å²) in [6.45, 7) is 2.61. The lowest BCUT2D eigenvalue weighted by Crippen LogP contribution is -2.35. The molecule has 1 aromatic carbocycles. The molecule has 1 aliphatic carbocycles. The molecule has 3 heterocycles. The minimum atomic E-state index is 0.0951. The SMILES string of the molecule is O=c1[nH]c(C2CCCCC2)nc2c1CCN(Cc1ccc(-c3ccccc3)s1)C2. The Bertz CT molecular complexity index is 1030. The number of thiophene rings is 1. The van der Waals surface area contributed by atoms with E-state index in [0.717, 1.165) is 56.0 Å². The number of aromatic nitrogens is 2. The van der Waals surface area contributed by atoms with Crippen LogP contribution in [0.5, 0.6) is 0 Å². The van der Waals surface area contributed by atoms with Crippen LogP contribution in [-0.4, -0.2) is 21.4 Å². The standard InChI is InChI=1S/C24H27N3OS/c28-24-20-13-14-27(15-19-11-12-22(29-19)17-7-3-1-4-8-17)16-21(20)25-23(26-24)18-9-5-2-6-10-18/h1,3-4,7-8,11-12,18H,2,5-6,9-10,13-16H2,(H,25,26,28). The van der Waals surface area contributed by atoms with E-state index in [1.165, 1.54) is 34.6 Å². The highest BCUT2D eigenvalue weighted by atomic mass is 32.1. The van der Waals surface area contributed by atoms with Crippen molar-refractivity contribution in [2.75, 3.05) is 6.54 Å². The molecule has 150 valence electrons. The maximum Gasteiger partial charge on any atom is 0.254 e. The van der Waals surface area contributed by atoms with Gasteiger partial charge in [-0.3, -0.25) is 9.69 Å². The molecule has 4 nitrogen and oxygen atoms in total. The quantitative estimate of drug-likeness (QED) is 0.657. The molecule has 2 aromatic heterocycles. The van der Waals surface area contributed by atoms with Gasteiger partial charge in [-0.05, 0) is 37.0 Å². The minimum absolute atomic E-state index is 0.0951. The highest BCUT2D eigenvalue weighted by Gasteiger charge is 2.24. The number of fused-ring (bicyclic) bond motifs is 1. The van der Waals surface area contributed by atoms with Gasteiger partial charge in [0.1, 0.15) is 5.82 Å². The van der Waals surface area contributed by atoms with Gasteiger partial charge < -0.3 is 4.98 Å². The molecule has 0 atom stereocenters. The zero-order valence-electron chi connectivity index (χ0n) is 16.7. The molecule has 0 saturated heterocycles. The van der Waals surface area contributed by atoms with E-state index in [4.69, 9.17) is 4.98 Å². The molecule has 5 heteroatoms. The summed E-state index contributed by atoms with van der Waals surface area (Å²) in [6, 6.07) is 15.0. The van der Waals surface area contributed by atoms with Gasteiger partial charge in [0.2, 0.25) is 0 Å². The molecule has 3 aromatic rings. The Kier molecular flexibility index (Phi) is 5.34. The predicted molar refractivity (Wildman–Crippen MR) is 118 cm³/mol. The zero-order chi connectivity index (χ0) is 19.6. The molecule has 1 aliphatic heterocycles. The molecular formula is C24H27N3OS. The van der Waals surface area contributed by atoms with E-state index < -0.39 is 0 Å². The van der Waals surface area contributed by atoms with Gasteiger partial charge in [0.15, 0.2) is 0 Å². The van der Waals surface area contributed by atoms with Crippen molar-refractivity contribution in [1.29, 1.82) is 0 Å². The molecule has 0 amide bonds. The fraction of sp³-hybridized carbons (Fsp3) is 0.417. The van der Waals surface area contributed by atoms with Gasteiger partial charge in [-0.2, -0.15) is 0 Å². The summed E-state index contributed by atoms with van der Waals surface area (Å²) in [4.78, 5) is 25.8. The third-order valence-corrected chi connectivity index (χ3v) is 7.38. The number of aromatic amines is 1. The predicted octanol–water partition coefficient (Wildman–Crippen LogP) is 5.10. The number of nitrogens with one attached hydrogen (secondary N) is 1. The van der Waals surface area contributed by atoms with E-state index in [2.05, 4.69) is 52.3 Å². The van der Waals surface area contributed by atoms with Crippen molar-refractivity contribution in [3.8, 4) is 10.4 Å². The molecule has 0 radical (unpaired) electrons. The van der Waals surface area contributed by atoms with Crippen LogP contribution in [0.2, 0.25) is 0 Å². The third-order valence-electron chi connectivity index (χ3n) is 6.26. The fourth-order valence-corrected chi connectivity index (χ4v) is 5.71. The number of hydrogen-bond donors (Lipinski definition) is 1. The Morgan fingerprint density at radius 2 is 1.90 bits per heavy atom. The van der Waals surface area contributed by atoms with Crippen LogP contribution in [-0.2, 0) is 19.5 Å². The van der Waals surface area contributed by atoms with Crippen molar-refractivity contribution in [3.05, 3.63) is 74.8 Å². The first-order valence-electron chi connectivity index (χ1n) is 10.7. The van der Waals surface area contributed by atoms with E-state index in [-0.39, 0.29) is 5.56 Å². The molecule has 0 unspecified atom stereocenters. The Labute approximate surface area is 175 Å². The molecule has 1 N–H and O–H groups in total. The fourth-order valence-electron chi connectivity index (χ4n) is 4.66. The van der Waals surface area contributed by atoms with Crippen LogP contribution in [0.25, 0.3) is 10.4 Å². The molecule has 0 spiro atoms. The molecular weight excluding hydrogens is 378 g/mol. The minimum Gasteiger partial charge on any atom is -0.310 e. The normalized spacial score (nSPS) is 17.9. The van der Waals surface area contributed by atoms with Crippen molar-refractivity contribution in [2.45, 2.75) is 57.5 Å². The number of H-pyrrole nitrogens is 1. The van der Waals surface area contributed by atoms with Gasteiger partial charge in [-0.1, -0.05) is 49.6 Å². The molecule has 5 rings (SSSR count). The lowest BCUT2D eigenvalue weighted by atomic mass is 9.88. The molecule has 1 fully saturated rings. The van der Waals surface area contributed by atoms with Crippen molar-refractivity contribution in [2.24, 2.45) is 0 Å². The first-order valence-corrected chi connectivity index (χ1v) is 11.6. The van der Waals surface area contributed by atoms with Crippen LogP contribution < -0.4 is 5.56 Å². The summed E-state index contributed by atoms with van der Waals surface area (Å²) >= 11 is 1.86. The second kappa shape index (κ2) is 8.25. The summed E-state index contributed by atoms with van der Waals surface area (Å²) in [7, 11) is 0. The van der Waals surface area contributed by atoms with Crippen LogP contribution in [0.1, 0.15) is 60.0 Å². The second-order valence-corrected chi connectivity index (χ2v) is 9.47. The van der Waals surface area contributed by atoms with E-state index in [1.54, 1.807) is 0 Å². The van der Waals surface area contributed by atoms with Crippen molar-refractivity contribution in [1.82, 2.24) is 14.9 Å². The van der Waals surface area contributed by atoms with E-state index in [9.17, 15) is 4.79 Å². The smallest absolute Gasteiger partial charge is 0.254 e. The number of benzene rings is 1. The summed E-state index contributed by atoms with van der Waals surface area (Å²) in [5.74, 6) is 1.36. The summed E-state index contributed by atoms with van der Waals surface area (Å²) < 4.78 is 0. The Morgan fingerprint density at radius 3 is 2.72 bits per heavy atom.